The quantitative estimate of drug-likeness (QED) is 0.739. The summed E-state index contributed by atoms with van der Waals surface area (Å²) in [7, 11) is 3.53. The Balaban J connectivity index is 2.67. The van der Waals surface area contributed by atoms with Crippen molar-refractivity contribution >= 4 is 11.6 Å². The van der Waals surface area contributed by atoms with Gasteiger partial charge in [0.15, 0.2) is 0 Å². The molecule has 5 nitrogen and oxygen atoms in total. The smallest absolute Gasteiger partial charge is 0.257 e. The molecule has 1 aromatic carbocycles. The van der Waals surface area contributed by atoms with Crippen LogP contribution in [-0.2, 0) is 0 Å². The number of nitrogen functional groups attached to an aromatic ring is 1. The highest BCUT2D eigenvalue weighted by atomic mass is 16.5. The van der Waals surface area contributed by atoms with Gasteiger partial charge in [-0.05, 0) is 25.7 Å². The molecule has 1 aromatic rings. The third-order valence-electron chi connectivity index (χ3n) is 2.82. The summed E-state index contributed by atoms with van der Waals surface area (Å²) in [5, 5.41) is 2.84. The standard InChI is InChI=1S/C13H21N3O2/c1-4-16(2)9-8-15-13(17)12-10(14)6-5-7-11(12)18-3/h5-7H,4,8-9,14H2,1-3H3,(H,15,17). The highest BCUT2D eigenvalue weighted by Gasteiger charge is 2.15. The number of carbonyl (C=O) groups excluding carboxylic acids is 1. The van der Waals surface area contributed by atoms with E-state index in [1.165, 1.54) is 7.11 Å². The first-order valence-corrected chi connectivity index (χ1v) is 5.99. The summed E-state index contributed by atoms with van der Waals surface area (Å²) in [6.07, 6.45) is 0. The van der Waals surface area contributed by atoms with E-state index >= 15 is 0 Å². The Morgan fingerprint density at radius 2 is 2.22 bits per heavy atom. The van der Waals surface area contributed by atoms with Crippen molar-refractivity contribution in [3.63, 3.8) is 0 Å². The molecule has 3 N–H and O–H groups in total. The number of nitrogens with one attached hydrogen (secondary N) is 1. The van der Waals surface area contributed by atoms with Gasteiger partial charge in [-0.2, -0.15) is 0 Å². The van der Waals surface area contributed by atoms with E-state index in [9.17, 15) is 4.79 Å². The minimum atomic E-state index is -0.200. The van der Waals surface area contributed by atoms with Gasteiger partial charge in [0.25, 0.3) is 5.91 Å². The maximum Gasteiger partial charge on any atom is 0.257 e. The number of ether oxygens (including phenoxy) is 1. The molecule has 1 amide bonds. The van der Waals surface area contributed by atoms with Gasteiger partial charge in [0, 0.05) is 18.8 Å². The van der Waals surface area contributed by atoms with Gasteiger partial charge in [-0.1, -0.05) is 13.0 Å². The van der Waals surface area contributed by atoms with Crippen LogP contribution in [0.25, 0.3) is 0 Å². The molecule has 0 spiro atoms. The number of rotatable bonds is 6. The van der Waals surface area contributed by atoms with Crippen molar-refractivity contribution in [1.29, 1.82) is 0 Å². The molecule has 5 heteroatoms. The van der Waals surface area contributed by atoms with Crippen LogP contribution < -0.4 is 15.8 Å². The summed E-state index contributed by atoms with van der Waals surface area (Å²) in [6, 6.07) is 5.18. The van der Waals surface area contributed by atoms with Crippen LogP contribution >= 0.6 is 0 Å². The number of likely N-dealkylation sites (N-methyl/N-ethyl adjacent to an activating group) is 1. The van der Waals surface area contributed by atoms with Crippen LogP contribution in [-0.4, -0.2) is 44.6 Å². The van der Waals surface area contributed by atoms with Gasteiger partial charge in [-0.15, -0.1) is 0 Å². The largest absolute Gasteiger partial charge is 0.496 e. The van der Waals surface area contributed by atoms with Crippen LogP contribution in [0.3, 0.4) is 0 Å². The molecule has 0 aliphatic heterocycles. The van der Waals surface area contributed by atoms with Gasteiger partial charge in [0.2, 0.25) is 0 Å². The Kier molecular flexibility index (Phi) is 5.45. The van der Waals surface area contributed by atoms with Crippen LogP contribution in [0.1, 0.15) is 17.3 Å². The second kappa shape index (κ2) is 6.86. The maximum atomic E-state index is 12.0. The molecule has 0 saturated heterocycles. The Morgan fingerprint density at radius 1 is 1.50 bits per heavy atom. The fraction of sp³-hybridized carbons (Fsp3) is 0.462. The molecule has 100 valence electrons. The fourth-order valence-electron chi connectivity index (χ4n) is 1.57. The predicted octanol–water partition coefficient (Wildman–Crippen LogP) is 0.959. The molecule has 0 fully saturated rings. The third-order valence-corrected chi connectivity index (χ3v) is 2.82. The average Bonchev–Trinajstić information content (AvgIpc) is 2.37. The molecule has 0 aliphatic carbocycles. The lowest BCUT2D eigenvalue weighted by Gasteiger charge is -2.15. The second-order valence-corrected chi connectivity index (χ2v) is 4.08. The van der Waals surface area contributed by atoms with Crippen LogP contribution in [0.4, 0.5) is 5.69 Å². The lowest BCUT2D eigenvalue weighted by Crippen LogP contribution is -2.33. The Morgan fingerprint density at radius 3 is 2.83 bits per heavy atom. The monoisotopic (exact) mass is 251 g/mol. The average molecular weight is 251 g/mol. The molecule has 0 heterocycles. The number of hydrogen-bond acceptors (Lipinski definition) is 4. The topological polar surface area (TPSA) is 67.6 Å². The van der Waals surface area contributed by atoms with Gasteiger partial charge in [0.05, 0.1) is 7.11 Å². The van der Waals surface area contributed by atoms with Crippen molar-refractivity contribution in [2.45, 2.75) is 6.92 Å². The first-order valence-electron chi connectivity index (χ1n) is 5.99. The minimum absolute atomic E-state index is 0.200. The van der Waals surface area contributed by atoms with Gasteiger partial charge < -0.3 is 20.7 Å². The van der Waals surface area contributed by atoms with Crippen LogP contribution in [0.15, 0.2) is 18.2 Å². The summed E-state index contributed by atoms with van der Waals surface area (Å²) in [5.74, 6) is 0.297. The summed E-state index contributed by atoms with van der Waals surface area (Å²) in [6.45, 7) is 4.41. The van der Waals surface area contributed by atoms with Crippen molar-refractivity contribution in [2.24, 2.45) is 0 Å². The number of hydrogen-bond donors (Lipinski definition) is 2. The molecule has 0 saturated carbocycles. The molecular weight excluding hydrogens is 230 g/mol. The highest BCUT2D eigenvalue weighted by molar-refractivity contribution is 6.01. The van der Waals surface area contributed by atoms with Gasteiger partial charge in [0.1, 0.15) is 11.3 Å². The first kappa shape index (κ1) is 14.3. The van der Waals surface area contributed by atoms with E-state index in [1.807, 2.05) is 7.05 Å². The predicted molar refractivity (Wildman–Crippen MR) is 72.9 cm³/mol. The normalized spacial score (nSPS) is 10.4. The van der Waals surface area contributed by atoms with Crippen LogP contribution in [0.2, 0.25) is 0 Å². The lowest BCUT2D eigenvalue weighted by atomic mass is 10.1. The molecule has 0 radical (unpaired) electrons. The number of anilines is 1. The molecular formula is C13H21N3O2. The number of methoxy groups -OCH3 is 1. The zero-order chi connectivity index (χ0) is 13.5. The molecule has 1 rings (SSSR count). The van der Waals surface area contributed by atoms with Crippen molar-refractivity contribution in [1.82, 2.24) is 10.2 Å². The first-order chi connectivity index (χ1) is 8.60. The van der Waals surface area contributed by atoms with Crippen molar-refractivity contribution in [3.8, 4) is 5.75 Å². The maximum absolute atomic E-state index is 12.0. The van der Waals surface area contributed by atoms with E-state index in [2.05, 4.69) is 17.1 Å². The summed E-state index contributed by atoms with van der Waals surface area (Å²) < 4.78 is 5.14. The molecule has 0 aliphatic rings. The zero-order valence-electron chi connectivity index (χ0n) is 11.2. The minimum Gasteiger partial charge on any atom is -0.496 e. The van der Waals surface area contributed by atoms with E-state index in [1.54, 1.807) is 18.2 Å². The van der Waals surface area contributed by atoms with Gasteiger partial charge in [-0.25, -0.2) is 0 Å². The zero-order valence-corrected chi connectivity index (χ0v) is 11.2. The van der Waals surface area contributed by atoms with Crippen molar-refractivity contribution < 1.29 is 9.53 Å². The van der Waals surface area contributed by atoms with Crippen molar-refractivity contribution in [3.05, 3.63) is 23.8 Å². The lowest BCUT2D eigenvalue weighted by molar-refractivity contribution is 0.0948. The van der Waals surface area contributed by atoms with Crippen molar-refractivity contribution in [2.75, 3.05) is 39.5 Å². The van der Waals surface area contributed by atoms with E-state index in [4.69, 9.17) is 10.5 Å². The Bertz CT molecular complexity index is 407. The number of nitrogens with two attached hydrogens (primary N) is 1. The fourth-order valence-corrected chi connectivity index (χ4v) is 1.57. The van der Waals surface area contributed by atoms with E-state index < -0.39 is 0 Å². The summed E-state index contributed by atoms with van der Waals surface area (Å²) >= 11 is 0. The number of amides is 1. The SMILES string of the molecule is CCN(C)CCNC(=O)c1c(N)cccc1OC. The molecule has 0 unspecified atom stereocenters. The third kappa shape index (κ3) is 3.63. The van der Waals surface area contributed by atoms with Crippen LogP contribution in [0, 0.1) is 0 Å². The molecule has 0 bridgehead atoms. The van der Waals surface area contributed by atoms with Gasteiger partial charge >= 0.3 is 0 Å². The molecule has 18 heavy (non-hydrogen) atoms. The van der Waals surface area contributed by atoms with Gasteiger partial charge in [-0.3, -0.25) is 4.79 Å². The van der Waals surface area contributed by atoms with Crippen LogP contribution in [0.5, 0.6) is 5.75 Å². The number of benzene rings is 1. The highest BCUT2D eigenvalue weighted by Crippen LogP contribution is 2.23. The molecule has 0 atom stereocenters. The Hall–Kier alpha value is -1.75. The summed E-state index contributed by atoms with van der Waals surface area (Å²) in [4.78, 5) is 14.1. The second-order valence-electron chi connectivity index (χ2n) is 4.08. The number of carbonyl (C=O) groups is 1. The van der Waals surface area contributed by atoms with E-state index in [-0.39, 0.29) is 5.91 Å². The number of nitrogens with zero attached hydrogens (tertiary/aromatic N) is 1. The van der Waals surface area contributed by atoms with E-state index in [0.717, 1.165) is 13.1 Å². The summed E-state index contributed by atoms with van der Waals surface area (Å²) in [5.41, 5.74) is 6.63. The van der Waals surface area contributed by atoms with E-state index in [0.29, 0.717) is 23.5 Å². The molecule has 0 aromatic heterocycles. The Labute approximate surface area is 108 Å².